The number of carboxylic acids is 1. The van der Waals surface area contributed by atoms with Crippen molar-refractivity contribution in [2.75, 3.05) is 11.1 Å². The van der Waals surface area contributed by atoms with Crippen LogP contribution in [0.5, 0.6) is 0 Å². The van der Waals surface area contributed by atoms with Gasteiger partial charge in [-0.05, 0) is 12.1 Å². The van der Waals surface area contributed by atoms with Crippen molar-refractivity contribution >= 4 is 29.2 Å². The van der Waals surface area contributed by atoms with Crippen LogP contribution in [0.3, 0.4) is 0 Å². The lowest BCUT2D eigenvalue weighted by Gasteiger charge is -2.17. The number of carboxylic acid groups (broad SMARTS) is 1. The van der Waals surface area contributed by atoms with E-state index in [0.717, 1.165) is 30.0 Å². The van der Waals surface area contributed by atoms with Crippen LogP contribution in [0.2, 0.25) is 0 Å². The summed E-state index contributed by atoms with van der Waals surface area (Å²) in [6, 6.07) is 4.66. The summed E-state index contributed by atoms with van der Waals surface area (Å²) in [5.74, 6) is -2.26. The number of hydrogen-bond donors (Lipinski definition) is 2. The number of nitrogens with one attached hydrogen (secondary N) is 1. The molecular formula is C13H7F3N2O3S. The van der Waals surface area contributed by atoms with Gasteiger partial charge < -0.3 is 10.4 Å². The molecule has 0 aliphatic carbocycles. The lowest BCUT2D eigenvalue weighted by Crippen LogP contribution is -2.16. The minimum absolute atomic E-state index is 0.0134. The first kappa shape index (κ1) is 15.9. The highest BCUT2D eigenvalue weighted by atomic mass is 32.2. The lowest BCUT2D eigenvalue weighted by molar-refractivity contribution is -0.137. The van der Waals surface area contributed by atoms with E-state index < -0.39 is 34.7 Å². The third-order valence-electron chi connectivity index (χ3n) is 2.79. The van der Waals surface area contributed by atoms with Crippen LogP contribution in [-0.4, -0.2) is 22.6 Å². The molecular weight excluding hydrogens is 321 g/mol. The van der Waals surface area contributed by atoms with E-state index in [1.54, 1.807) is 6.07 Å². The number of carbonyl (C=O) groups excluding carboxylic acids is 1. The van der Waals surface area contributed by atoms with E-state index in [0.29, 0.717) is 0 Å². The zero-order chi connectivity index (χ0) is 16.5. The average molecular weight is 328 g/mol. The number of carbonyl (C=O) groups is 2. The van der Waals surface area contributed by atoms with Gasteiger partial charge in [0.15, 0.2) is 5.78 Å². The fourth-order valence-electron chi connectivity index (χ4n) is 1.88. The summed E-state index contributed by atoms with van der Waals surface area (Å²) in [5, 5.41) is 20.1. The fraction of sp³-hybridized carbons (Fsp3) is 0.154. The summed E-state index contributed by atoms with van der Waals surface area (Å²) in [5.41, 5.74) is -3.05. The molecule has 0 radical (unpaired) electrons. The maximum absolute atomic E-state index is 13.1. The van der Waals surface area contributed by atoms with E-state index in [1.165, 1.54) is 0 Å². The topological polar surface area (TPSA) is 90.2 Å². The third-order valence-corrected chi connectivity index (χ3v) is 3.79. The molecule has 5 nitrogen and oxygen atoms in total. The Morgan fingerprint density at radius 1 is 1.41 bits per heavy atom. The molecule has 0 spiro atoms. The average Bonchev–Trinajstić information content (AvgIpc) is 2.77. The SMILES string of the molecule is N#CC1=C(Nc2cccc(C(=O)O)c2C(F)(F)F)SCC1=O. The molecule has 0 saturated carbocycles. The summed E-state index contributed by atoms with van der Waals surface area (Å²) in [6.45, 7) is 0. The van der Waals surface area contributed by atoms with Crippen molar-refractivity contribution < 1.29 is 27.9 Å². The number of nitrogens with zero attached hydrogens (tertiary/aromatic N) is 1. The van der Waals surface area contributed by atoms with Gasteiger partial charge in [0.2, 0.25) is 0 Å². The predicted octanol–water partition coefficient (Wildman–Crippen LogP) is 2.87. The van der Waals surface area contributed by atoms with E-state index in [4.69, 9.17) is 10.4 Å². The molecule has 2 N–H and O–H groups in total. The van der Waals surface area contributed by atoms with E-state index in [-0.39, 0.29) is 16.4 Å². The molecule has 0 aromatic heterocycles. The number of rotatable bonds is 3. The van der Waals surface area contributed by atoms with Crippen LogP contribution in [0.25, 0.3) is 0 Å². The summed E-state index contributed by atoms with van der Waals surface area (Å²) >= 11 is 0.893. The molecule has 1 aliphatic heterocycles. The molecule has 1 aliphatic rings. The molecule has 0 amide bonds. The van der Waals surface area contributed by atoms with Gasteiger partial charge in [-0.25, -0.2) is 4.79 Å². The van der Waals surface area contributed by atoms with Gasteiger partial charge in [-0.1, -0.05) is 17.8 Å². The van der Waals surface area contributed by atoms with Gasteiger partial charge in [-0.3, -0.25) is 4.79 Å². The Bertz CT molecular complexity index is 735. The van der Waals surface area contributed by atoms with Gasteiger partial charge in [-0.15, -0.1) is 0 Å². The van der Waals surface area contributed by atoms with Crippen molar-refractivity contribution in [3.63, 3.8) is 0 Å². The summed E-state index contributed by atoms with van der Waals surface area (Å²) in [7, 11) is 0. The van der Waals surface area contributed by atoms with E-state index >= 15 is 0 Å². The Hall–Kier alpha value is -2.47. The van der Waals surface area contributed by atoms with Crippen LogP contribution >= 0.6 is 11.8 Å². The van der Waals surface area contributed by atoms with Gasteiger partial charge in [0, 0.05) is 0 Å². The molecule has 1 heterocycles. The predicted molar refractivity (Wildman–Crippen MR) is 72.1 cm³/mol. The molecule has 0 bridgehead atoms. The first-order valence-electron chi connectivity index (χ1n) is 5.76. The number of nitriles is 1. The molecule has 1 aromatic carbocycles. The number of ketones is 1. The van der Waals surface area contributed by atoms with Gasteiger partial charge >= 0.3 is 12.1 Å². The van der Waals surface area contributed by atoms with Crippen molar-refractivity contribution in [1.82, 2.24) is 0 Å². The second kappa shape index (κ2) is 5.73. The lowest BCUT2D eigenvalue weighted by atomic mass is 10.0. The zero-order valence-electron chi connectivity index (χ0n) is 10.7. The van der Waals surface area contributed by atoms with Crippen LogP contribution < -0.4 is 5.32 Å². The Labute approximate surface area is 126 Å². The van der Waals surface area contributed by atoms with E-state index in [1.807, 2.05) is 0 Å². The minimum Gasteiger partial charge on any atom is -0.478 e. The molecule has 9 heteroatoms. The first-order valence-corrected chi connectivity index (χ1v) is 6.75. The number of anilines is 1. The van der Waals surface area contributed by atoms with Crippen molar-refractivity contribution in [3.8, 4) is 6.07 Å². The number of alkyl halides is 3. The third kappa shape index (κ3) is 2.92. The summed E-state index contributed by atoms with van der Waals surface area (Å²) in [4.78, 5) is 22.4. The van der Waals surface area contributed by atoms with Crippen molar-refractivity contribution in [2.24, 2.45) is 0 Å². The quantitative estimate of drug-likeness (QED) is 0.887. The highest BCUT2D eigenvalue weighted by Crippen LogP contribution is 2.40. The standard InChI is InChI=1S/C13H7F3N2O3S/c14-13(15,16)10-6(12(20)21)2-1-3-8(10)18-11-7(4-17)9(19)5-22-11/h1-3,18H,5H2,(H,20,21). The molecule has 1 aromatic rings. The monoisotopic (exact) mass is 328 g/mol. The highest BCUT2D eigenvalue weighted by molar-refractivity contribution is 8.04. The number of aromatic carboxylic acids is 1. The Morgan fingerprint density at radius 3 is 2.64 bits per heavy atom. The first-order chi connectivity index (χ1) is 10.3. The van der Waals surface area contributed by atoms with Crippen LogP contribution in [0.15, 0.2) is 28.8 Å². The van der Waals surface area contributed by atoms with Crippen molar-refractivity contribution in [2.45, 2.75) is 6.18 Å². The molecule has 0 atom stereocenters. The fourth-order valence-corrected chi connectivity index (χ4v) is 2.79. The second-order valence-electron chi connectivity index (χ2n) is 4.18. The van der Waals surface area contributed by atoms with Crippen LogP contribution in [-0.2, 0) is 11.0 Å². The van der Waals surface area contributed by atoms with Crippen LogP contribution in [0.1, 0.15) is 15.9 Å². The number of Topliss-reactive ketones (excluding diaryl/α,β-unsaturated/α-hetero) is 1. The van der Waals surface area contributed by atoms with Crippen molar-refractivity contribution in [1.29, 1.82) is 5.26 Å². The summed E-state index contributed by atoms with van der Waals surface area (Å²) in [6.07, 6.45) is -4.90. The molecule has 0 fully saturated rings. The smallest absolute Gasteiger partial charge is 0.419 e. The highest BCUT2D eigenvalue weighted by Gasteiger charge is 2.38. The van der Waals surface area contributed by atoms with Crippen LogP contribution in [0, 0.1) is 11.3 Å². The van der Waals surface area contributed by atoms with Crippen LogP contribution in [0.4, 0.5) is 18.9 Å². The number of halogens is 3. The van der Waals surface area contributed by atoms with Gasteiger partial charge in [0.25, 0.3) is 0 Å². The maximum Gasteiger partial charge on any atom is 0.419 e. The Morgan fingerprint density at radius 2 is 2.09 bits per heavy atom. The largest absolute Gasteiger partial charge is 0.478 e. The maximum atomic E-state index is 13.1. The van der Waals surface area contributed by atoms with Gasteiger partial charge in [0.05, 0.1) is 27.6 Å². The number of hydrogen-bond acceptors (Lipinski definition) is 5. The van der Waals surface area contributed by atoms with E-state index in [2.05, 4.69) is 5.32 Å². The molecule has 2 rings (SSSR count). The molecule has 22 heavy (non-hydrogen) atoms. The van der Waals surface area contributed by atoms with Crippen molar-refractivity contribution in [3.05, 3.63) is 39.9 Å². The van der Waals surface area contributed by atoms with Gasteiger partial charge in [-0.2, -0.15) is 18.4 Å². The second-order valence-corrected chi connectivity index (χ2v) is 5.17. The normalized spacial score (nSPS) is 14.9. The number of allylic oxidation sites excluding steroid dienone is 1. The Kier molecular flexibility index (Phi) is 4.14. The number of thioether (sulfide) groups is 1. The minimum atomic E-state index is -4.90. The zero-order valence-corrected chi connectivity index (χ0v) is 11.5. The molecule has 0 unspecified atom stereocenters. The van der Waals surface area contributed by atoms with E-state index in [9.17, 15) is 22.8 Å². The number of benzene rings is 1. The Balaban J connectivity index is 2.56. The molecule has 114 valence electrons. The molecule has 0 saturated heterocycles. The van der Waals surface area contributed by atoms with Gasteiger partial charge in [0.1, 0.15) is 11.6 Å². The summed E-state index contributed by atoms with van der Waals surface area (Å²) < 4.78 is 39.4.